The van der Waals surface area contributed by atoms with E-state index in [1.807, 2.05) is 24.3 Å². The molecule has 1 atom stereocenters. The van der Waals surface area contributed by atoms with E-state index in [4.69, 9.17) is 23.2 Å². The number of rotatable bonds is 9. The molecule has 1 aliphatic carbocycles. The molecule has 1 saturated heterocycles. The fourth-order valence-electron chi connectivity index (χ4n) is 6.58. The highest BCUT2D eigenvalue weighted by Crippen LogP contribution is 2.31. The first-order valence-corrected chi connectivity index (χ1v) is 16.1. The van der Waals surface area contributed by atoms with E-state index in [0.29, 0.717) is 27.6 Å². The molecule has 1 saturated carbocycles. The normalized spacial score (nSPS) is 16.4. The van der Waals surface area contributed by atoms with Crippen LogP contribution in [0.2, 0.25) is 10.0 Å². The second-order valence-electron chi connectivity index (χ2n) is 12.0. The molecule has 3 aromatic carbocycles. The van der Waals surface area contributed by atoms with Crippen LogP contribution in [0.4, 0.5) is 0 Å². The lowest BCUT2D eigenvalue weighted by atomic mass is 9.93. The Hall–Kier alpha value is -3.52. The molecule has 228 valence electrons. The fourth-order valence-corrected chi connectivity index (χ4v) is 6.89. The number of benzene rings is 3. The molecule has 4 aromatic rings. The first-order chi connectivity index (χ1) is 21.3. The van der Waals surface area contributed by atoms with Crippen molar-refractivity contribution >= 4 is 45.9 Å². The van der Waals surface area contributed by atoms with Crippen molar-refractivity contribution < 1.29 is 9.59 Å². The number of hydrogen-bond donors (Lipinski definition) is 0. The Morgan fingerprint density at radius 1 is 0.932 bits per heavy atom. The van der Waals surface area contributed by atoms with E-state index in [9.17, 15) is 14.4 Å². The van der Waals surface area contributed by atoms with Gasteiger partial charge in [0, 0.05) is 25.1 Å². The Kier molecular flexibility index (Phi) is 9.17. The Bertz CT molecular complexity index is 1740. The third kappa shape index (κ3) is 6.46. The summed E-state index contributed by atoms with van der Waals surface area (Å²) in [6, 6.07) is 19.2. The van der Waals surface area contributed by atoms with Gasteiger partial charge in [0.25, 0.3) is 5.56 Å². The van der Waals surface area contributed by atoms with Crippen LogP contribution >= 0.6 is 23.2 Å². The van der Waals surface area contributed by atoms with Gasteiger partial charge in [-0.3, -0.25) is 19.0 Å². The zero-order valence-electron chi connectivity index (χ0n) is 24.8. The van der Waals surface area contributed by atoms with Crippen LogP contribution in [-0.4, -0.2) is 57.7 Å². The van der Waals surface area contributed by atoms with E-state index in [1.54, 1.807) is 24.1 Å². The number of aromatic nitrogens is 2. The molecule has 0 N–H and O–H groups in total. The van der Waals surface area contributed by atoms with Gasteiger partial charge >= 0.3 is 0 Å². The first-order valence-electron chi connectivity index (χ1n) is 15.4. The number of carbonyl (C=O) groups is 2. The number of Topliss-reactive ketones (excluding diaryl/α,β-unsaturated/α-hetero) is 1. The Morgan fingerprint density at radius 2 is 1.64 bits per heavy atom. The second kappa shape index (κ2) is 13.2. The standard InChI is InChI=1S/C35H36Cl2N4O3/c1-39(34(43)22-41-31-19-29(37)28(36)18-30(31)38-20-33(41)42)32(21-40-15-4-5-16-40)24-13-11-23(12-14-24)26-9-6-10-27(17-26)35(44)25-7-2-3-8-25/h6,9-14,17-20,25,32H,2-5,7-8,15-16,21-22H2,1H3. The third-order valence-corrected chi connectivity index (χ3v) is 9.90. The minimum absolute atomic E-state index is 0.142. The van der Waals surface area contributed by atoms with E-state index >= 15 is 0 Å². The lowest BCUT2D eigenvalue weighted by molar-refractivity contribution is -0.133. The molecule has 0 bridgehead atoms. The topological polar surface area (TPSA) is 75.5 Å². The zero-order chi connectivity index (χ0) is 30.8. The summed E-state index contributed by atoms with van der Waals surface area (Å²) in [7, 11) is 1.80. The van der Waals surface area contributed by atoms with E-state index in [1.165, 1.54) is 10.8 Å². The molecule has 2 aliphatic rings. The van der Waals surface area contributed by atoms with Crippen LogP contribution in [0.5, 0.6) is 0 Å². The van der Waals surface area contributed by atoms with Crippen molar-refractivity contribution in [1.29, 1.82) is 0 Å². The van der Waals surface area contributed by atoms with Crippen molar-refractivity contribution in [2.75, 3.05) is 26.7 Å². The summed E-state index contributed by atoms with van der Waals surface area (Å²) < 4.78 is 1.40. The van der Waals surface area contributed by atoms with Gasteiger partial charge in [0.05, 0.1) is 33.3 Å². The van der Waals surface area contributed by atoms with Gasteiger partial charge in [0.15, 0.2) is 5.78 Å². The summed E-state index contributed by atoms with van der Waals surface area (Å²) in [5.74, 6) is 0.193. The van der Waals surface area contributed by atoms with Crippen LogP contribution in [0.1, 0.15) is 60.5 Å². The van der Waals surface area contributed by atoms with Crippen molar-refractivity contribution in [3.63, 3.8) is 0 Å². The molecule has 0 spiro atoms. The van der Waals surface area contributed by atoms with Crippen molar-refractivity contribution in [3.05, 3.63) is 98.4 Å². The van der Waals surface area contributed by atoms with Crippen LogP contribution < -0.4 is 5.56 Å². The number of fused-ring (bicyclic) bond motifs is 1. The molecule has 44 heavy (non-hydrogen) atoms. The summed E-state index contributed by atoms with van der Waals surface area (Å²) in [4.78, 5) is 48.0. The fraction of sp³-hybridized carbons (Fsp3) is 0.371. The highest BCUT2D eigenvalue weighted by atomic mass is 35.5. The molecular formula is C35H36Cl2N4O3. The molecule has 1 aliphatic heterocycles. The number of nitrogens with zero attached hydrogens (tertiary/aromatic N) is 4. The predicted molar refractivity (Wildman–Crippen MR) is 175 cm³/mol. The number of carbonyl (C=O) groups excluding carboxylic acids is 2. The highest BCUT2D eigenvalue weighted by molar-refractivity contribution is 6.42. The molecule has 1 unspecified atom stereocenters. The average Bonchev–Trinajstić information content (AvgIpc) is 3.77. The van der Waals surface area contributed by atoms with Gasteiger partial charge in [-0.25, -0.2) is 4.98 Å². The lowest BCUT2D eigenvalue weighted by Crippen LogP contribution is -2.41. The van der Waals surface area contributed by atoms with Gasteiger partial charge in [0.2, 0.25) is 5.91 Å². The van der Waals surface area contributed by atoms with Crippen molar-refractivity contribution in [1.82, 2.24) is 19.4 Å². The predicted octanol–water partition coefficient (Wildman–Crippen LogP) is 7.04. The van der Waals surface area contributed by atoms with Crippen molar-refractivity contribution in [3.8, 4) is 11.1 Å². The molecule has 6 rings (SSSR count). The third-order valence-electron chi connectivity index (χ3n) is 9.17. The van der Waals surface area contributed by atoms with Crippen LogP contribution in [0.15, 0.2) is 71.7 Å². The average molecular weight is 632 g/mol. The maximum Gasteiger partial charge on any atom is 0.269 e. The van der Waals surface area contributed by atoms with E-state index in [0.717, 1.165) is 73.9 Å². The maximum absolute atomic E-state index is 13.8. The van der Waals surface area contributed by atoms with E-state index in [2.05, 4.69) is 34.1 Å². The zero-order valence-corrected chi connectivity index (χ0v) is 26.4. The summed E-state index contributed by atoms with van der Waals surface area (Å²) in [6.07, 6.45) is 7.71. The Morgan fingerprint density at radius 3 is 2.36 bits per heavy atom. The van der Waals surface area contributed by atoms with Gasteiger partial charge in [-0.2, -0.15) is 0 Å². The summed E-state index contributed by atoms with van der Waals surface area (Å²) in [5, 5.41) is 0.628. The second-order valence-corrected chi connectivity index (χ2v) is 12.8. The number of likely N-dealkylation sites (N-methyl/N-ethyl adjacent to an activating group) is 1. The van der Waals surface area contributed by atoms with Crippen LogP contribution in [0, 0.1) is 5.92 Å². The number of amides is 1. The quantitative estimate of drug-likeness (QED) is 0.185. The van der Waals surface area contributed by atoms with Crippen LogP contribution in [0.25, 0.3) is 22.2 Å². The first kappa shape index (κ1) is 30.5. The Balaban J connectivity index is 1.26. The molecule has 1 aromatic heterocycles. The van der Waals surface area contributed by atoms with Gasteiger partial charge in [-0.05, 0) is 73.7 Å². The van der Waals surface area contributed by atoms with Gasteiger partial charge in [0.1, 0.15) is 6.54 Å². The molecule has 9 heteroatoms. The maximum atomic E-state index is 13.8. The van der Waals surface area contributed by atoms with Gasteiger partial charge in [-0.15, -0.1) is 0 Å². The minimum Gasteiger partial charge on any atom is -0.336 e. The van der Waals surface area contributed by atoms with Gasteiger partial charge in [-0.1, -0.05) is 78.5 Å². The number of ketones is 1. The molecular weight excluding hydrogens is 595 g/mol. The lowest BCUT2D eigenvalue weighted by Gasteiger charge is -2.32. The highest BCUT2D eigenvalue weighted by Gasteiger charge is 2.27. The minimum atomic E-state index is -0.383. The molecule has 0 radical (unpaired) electrons. The summed E-state index contributed by atoms with van der Waals surface area (Å²) in [5.41, 5.74) is 4.38. The van der Waals surface area contributed by atoms with Crippen molar-refractivity contribution in [2.45, 2.75) is 51.1 Å². The summed E-state index contributed by atoms with van der Waals surface area (Å²) >= 11 is 12.4. The summed E-state index contributed by atoms with van der Waals surface area (Å²) in [6.45, 7) is 2.53. The van der Waals surface area contributed by atoms with Crippen LogP contribution in [0.3, 0.4) is 0 Å². The molecule has 2 fully saturated rings. The number of likely N-dealkylation sites (tertiary alicyclic amines) is 1. The smallest absolute Gasteiger partial charge is 0.269 e. The number of halogens is 2. The Labute approximate surface area is 267 Å². The van der Waals surface area contributed by atoms with E-state index < -0.39 is 0 Å². The number of hydrogen-bond acceptors (Lipinski definition) is 5. The van der Waals surface area contributed by atoms with Crippen LogP contribution in [-0.2, 0) is 11.3 Å². The van der Waals surface area contributed by atoms with Crippen molar-refractivity contribution in [2.24, 2.45) is 5.92 Å². The van der Waals surface area contributed by atoms with Gasteiger partial charge < -0.3 is 9.80 Å². The molecule has 2 heterocycles. The monoisotopic (exact) mass is 630 g/mol. The largest absolute Gasteiger partial charge is 0.336 e. The SMILES string of the molecule is CN(C(=O)Cn1c(=O)cnc2cc(Cl)c(Cl)cc21)C(CN1CCCC1)c1ccc(-c2cccc(C(=O)C3CCCC3)c2)cc1. The molecule has 1 amide bonds. The molecule has 7 nitrogen and oxygen atoms in total. The van der Waals surface area contributed by atoms with E-state index in [-0.39, 0.29) is 35.8 Å².